The van der Waals surface area contributed by atoms with Gasteiger partial charge in [-0.2, -0.15) is 0 Å². The summed E-state index contributed by atoms with van der Waals surface area (Å²) in [4.78, 5) is 24.7. The van der Waals surface area contributed by atoms with E-state index in [1.165, 1.54) is 6.92 Å². The lowest BCUT2D eigenvalue weighted by Gasteiger charge is -2.55. The number of rotatable bonds is 5. The van der Waals surface area contributed by atoms with Gasteiger partial charge < -0.3 is 20.1 Å². The van der Waals surface area contributed by atoms with Gasteiger partial charge in [0.05, 0.1) is 6.10 Å². The Morgan fingerprint density at radius 3 is 2.62 bits per heavy atom. The minimum atomic E-state index is -0.324. The molecule has 6 nitrogen and oxygen atoms in total. The van der Waals surface area contributed by atoms with E-state index in [1.54, 1.807) is 11.9 Å². The molecule has 0 aromatic carbocycles. The molecule has 0 unspecified atom stereocenters. The number of hydrogen-bond acceptors (Lipinski definition) is 4. The van der Waals surface area contributed by atoms with Crippen LogP contribution >= 0.6 is 0 Å². The molecule has 2 aliphatic rings. The van der Waals surface area contributed by atoms with E-state index in [4.69, 9.17) is 4.74 Å². The number of nitrogens with zero attached hydrogens (tertiary/aromatic N) is 1. The summed E-state index contributed by atoms with van der Waals surface area (Å²) in [5.74, 6) is 0.0217. The number of carbonyl (C=O) groups is 2. The van der Waals surface area contributed by atoms with E-state index in [2.05, 4.69) is 5.32 Å². The third-order valence-corrected chi connectivity index (χ3v) is 5.01. The zero-order chi connectivity index (χ0) is 15.5. The predicted molar refractivity (Wildman–Crippen MR) is 77.6 cm³/mol. The number of nitrogens with one attached hydrogen (secondary N) is 1. The Labute approximate surface area is 125 Å². The highest BCUT2D eigenvalue weighted by molar-refractivity contribution is 5.76. The molecule has 2 atom stereocenters. The molecular formula is C15H26N2O4. The Kier molecular flexibility index (Phi) is 5.22. The summed E-state index contributed by atoms with van der Waals surface area (Å²) in [6.45, 7) is 3.43. The van der Waals surface area contributed by atoms with Gasteiger partial charge in [0.1, 0.15) is 0 Å². The van der Waals surface area contributed by atoms with Crippen molar-refractivity contribution in [1.29, 1.82) is 0 Å². The van der Waals surface area contributed by atoms with Crippen molar-refractivity contribution >= 4 is 11.8 Å². The van der Waals surface area contributed by atoms with Gasteiger partial charge in [0.2, 0.25) is 11.8 Å². The Bertz CT molecular complexity index is 393. The molecule has 0 bridgehead atoms. The largest absolute Gasteiger partial charge is 0.392 e. The van der Waals surface area contributed by atoms with Crippen molar-refractivity contribution in [2.45, 2.75) is 51.2 Å². The fourth-order valence-electron chi connectivity index (χ4n) is 3.30. The zero-order valence-electron chi connectivity index (χ0n) is 12.9. The van der Waals surface area contributed by atoms with E-state index in [9.17, 15) is 14.7 Å². The maximum Gasteiger partial charge on any atom is 0.220 e. The SMILES string of the molecule is CC(=O)N(C)CCCC(=O)N[C@@H]1C[C@@H](O)C12CCOCC2. The summed E-state index contributed by atoms with van der Waals surface area (Å²) in [7, 11) is 1.74. The highest BCUT2D eigenvalue weighted by Crippen LogP contribution is 2.48. The first-order valence-electron chi connectivity index (χ1n) is 7.72. The van der Waals surface area contributed by atoms with Crippen LogP contribution in [-0.2, 0) is 14.3 Å². The summed E-state index contributed by atoms with van der Waals surface area (Å²) in [5.41, 5.74) is -0.177. The van der Waals surface area contributed by atoms with E-state index in [0.29, 0.717) is 39.0 Å². The molecule has 6 heteroatoms. The van der Waals surface area contributed by atoms with Crippen LogP contribution in [0, 0.1) is 5.41 Å². The number of carbonyl (C=O) groups excluding carboxylic acids is 2. The van der Waals surface area contributed by atoms with Gasteiger partial charge in [0.25, 0.3) is 0 Å². The van der Waals surface area contributed by atoms with Crippen molar-refractivity contribution in [2.24, 2.45) is 5.41 Å². The second-order valence-electron chi connectivity index (χ2n) is 6.26. The van der Waals surface area contributed by atoms with Crippen LogP contribution in [0.15, 0.2) is 0 Å². The smallest absolute Gasteiger partial charge is 0.220 e. The molecule has 1 spiro atoms. The molecule has 1 aliphatic heterocycles. The summed E-state index contributed by atoms with van der Waals surface area (Å²) in [6, 6.07) is 0.0643. The lowest BCUT2D eigenvalue weighted by atomic mass is 9.58. The van der Waals surface area contributed by atoms with Gasteiger partial charge in [0, 0.05) is 51.6 Å². The van der Waals surface area contributed by atoms with E-state index in [-0.39, 0.29) is 29.4 Å². The molecule has 0 aromatic heterocycles. The minimum absolute atomic E-state index is 0.00900. The number of hydrogen-bond donors (Lipinski definition) is 2. The molecule has 0 radical (unpaired) electrons. The monoisotopic (exact) mass is 298 g/mol. The van der Waals surface area contributed by atoms with Crippen LogP contribution in [0.1, 0.15) is 39.0 Å². The molecule has 120 valence electrons. The molecule has 0 aromatic rings. The van der Waals surface area contributed by atoms with Crippen LogP contribution in [0.2, 0.25) is 0 Å². The highest BCUT2D eigenvalue weighted by Gasteiger charge is 2.55. The molecule has 2 rings (SSSR count). The first-order valence-corrected chi connectivity index (χ1v) is 7.72. The van der Waals surface area contributed by atoms with Crippen LogP contribution in [-0.4, -0.2) is 60.8 Å². The van der Waals surface area contributed by atoms with Crippen molar-refractivity contribution in [3.8, 4) is 0 Å². The van der Waals surface area contributed by atoms with Crippen LogP contribution in [0.3, 0.4) is 0 Å². The van der Waals surface area contributed by atoms with Gasteiger partial charge in [-0.1, -0.05) is 0 Å². The third-order valence-electron chi connectivity index (χ3n) is 5.01. The molecule has 2 fully saturated rings. The lowest BCUT2D eigenvalue weighted by Crippen LogP contribution is -2.65. The highest BCUT2D eigenvalue weighted by atomic mass is 16.5. The first kappa shape index (κ1) is 16.2. The molecule has 1 saturated carbocycles. The average molecular weight is 298 g/mol. The van der Waals surface area contributed by atoms with Gasteiger partial charge >= 0.3 is 0 Å². The maximum absolute atomic E-state index is 12.0. The molecule has 1 heterocycles. The number of aliphatic hydroxyl groups is 1. The van der Waals surface area contributed by atoms with Gasteiger partial charge in [-0.05, 0) is 25.7 Å². The van der Waals surface area contributed by atoms with E-state index in [0.717, 1.165) is 12.8 Å². The molecular weight excluding hydrogens is 272 g/mol. The fraction of sp³-hybridized carbons (Fsp3) is 0.867. The van der Waals surface area contributed by atoms with Crippen LogP contribution < -0.4 is 5.32 Å². The molecule has 2 N–H and O–H groups in total. The Balaban J connectivity index is 1.74. The van der Waals surface area contributed by atoms with E-state index in [1.807, 2.05) is 0 Å². The molecule has 1 aliphatic carbocycles. The van der Waals surface area contributed by atoms with Crippen molar-refractivity contribution in [3.05, 3.63) is 0 Å². The average Bonchev–Trinajstić information content (AvgIpc) is 2.47. The summed E-state index contributed by atoms with van der Waals surface area (Å²) in [5, 5.41) is 13.1. The summed E-state index contributed by atoms with van der Waals surface area (Å²) < 4.78 is 5.35. The molecule has 1 saturated heterocycles. The lowest BCUT2D eigenvalue weighted by molar-refractivity contribution is -0.156. The topological polar surface area (TPSA) is 78.9 Å². The van der Waals surface area contributed by atoms with Gasteiger partial charge in [0.15, 0.2) is 0 Å². The standard InChI is InChI=1S/C15H26N2O4/c1-11(18)17(2)7-3-4-14(20)16-12-10-13(19)15(12)5-8-21-9-6-15/h12-13,19H,3-10H2,1-2H3,(H,16,20)/t12-,13-/m1/s1. The number of aliphatic hydroxyl groups excluding tert-OH is 1. The number of ether oxygens (including phenoxy) is 1. The van der Waals surface area contributed by atoms with Gasteiger partial charge in [-0.25, -0.2) is 0 Å². The third kappa shape index (κ3) is 3.55. The second-order valence-corrected chi connectivity index (χ2v) is 6.26. The van der Waals surface area contributed by atoms with Crippen LogP contribution in [0.25, 0.3) is 0 Å². The van der Waals surface area contributed by atoms with Gasteiger partial charge in [-0.3, -0.25) is 9.59 Å². The van der Waals surface area contributed by atoms with Crippen LogP contribution in [0.4, 0.5) is 0 Å². The Morgan fingerprint density at radius 2 is 2.05 bits per heavy atom. The van der Waals surface area contributed by atoms with E-state index < -0.39 is 0 Å². The van der Waals surface area contributed by atoms with Crippen LogP contribution in [0.5, 0.6) is 0 Å². The normalized spacial score (nSPS) is 27.0. The van der Waals surface area contributed by atoms with Crippen molar-refractivity contribution in [2.75, 3.05) is 26.8 Å². The second kappa shape index (κ2) is 6.75. The zero-order valence-corrected chi connectivity index (χ0v) is 12.9. The Hall–Kier alpha value is -1.14. The van der Waals surface area contributed by atoms with E-state index >= 15 is 0 Å². The maximum atomic E-state index is 12.0. The first-order chi connectivity index (χ1) is 9.95. The molecule has 21 heavy (non-hydrogen) atoms. The summed E-state index contributed by atoms with van der Waals surface area (Å²) >= 11 is 0. The Morgan fingerprint density at radius 1 is 1.38 bits per heavy atom. The minimum Gasteiger partial charge on any atom is -0.392 e. The molecule has 2 amide bonds. The quantitative estimate of drug-likeness (QED) is 0.765. The van der Waals surface area contributed by atoms with Crippen molar-refractivity contribution < 1.29 is 19.4 Å². The van der Waals surface area contributed by atoms with Crippen molar-refractivity contribution in [1.82, 2.24) is 10.2 Å². The number of amides is 2. The van der Waals surface area contributed by atoms with Crippen molar-refractivity contribution in [3.63, 3.8) is 0 Å². The predicted octanol–water partition coefficient (Wildman–Crippen LogP) is 0.291. The summed E-state index contributed by atoms with van der Waals surface area (Å²) in [6.07, 6.45) is 3.01. The van der Waals surface area contributed by atoms with Gasteiger partial charge in [-0.15, -0.1) is 0 Å². The fourth-order valence-corrected chi connectivity index (χ4v) is 3.30.